The molecule has 0 unspecified atom stereocenters. The second-order valence-electron chi connectivity index (χ2n) is 5.67. The van der Waals surface area contributed by atoms with Crippen LogP contribution < -0.4 is 15.8 Å². The van der Waals surface area contributed by atoms with Crippen molar-refractivity contribution < 1.29 is 12.8 Å². The molecule has 0 fully saturated rings. The molecule has 10 heteroatoms. The Labute approximate surface area is 161 Å². The first kappa shape index (κ1) is 19.0. The van der Waals surface area contributed by atoms with Crippen LogP contribution in [0, 0.1) is 5.82 Å². The third-order valence-electron chi connectivity index (χ3n) is 3.58. The van der Waals surface area contributed by atoms with Crippen LogP contribution in [0.15, 0.2) is 65.7 Å². The molecule has 0 saturated heterocycles. The van der Waals surface area contributed by atoms with Gasteiger partial charge in [-0.05, 0) is 54.2 Å². The van der Waals surface area contributed by atoms with Crippen LogP contribution in [0.25, 0.3) is 0 Å². The topological polar surface area (TPSA) is 102 Å². The van der Waals surface area contributed by atoms with Crippen molar-refractivity contribution in [3.05, 3.63) is 72.2 Å². The van der Waals surface area contributed by atoms with Gasteiger partial charge in [-0.25, -0.2) is 17.9 Å². The second kappa shape index (κ2) is 7.82. The van der Waals surface area contributed by atoms with Gasteiger partial charge in [0.25, 0.3) is 0 Å². The molecule has 0 spiro atoms. The molecule has 0 atom stereocenters. The molecule has 1 heterocycles. The molecular weight excluding hydrogens is 389 g/mol. The summed E-state index contributed by atoms with van der Waals surface area (Å²) in [5, 5.41) is 15.6. The summed E-state index contributed by atoms with van der Waals surface area (Å²) in [5.41, 5.74) is 1.52. The Morgan fingerprint density at radius 3 is 2.37 bits per heavy atom. The fourth-order valence-corrected chi connectivity index (χ4v) is 3.04. The van der Waals surface area contributed by atoms with Gasteiger partial charge in [-0.1, -0.05) is 12.1 Å². The van der Waals surface area contributed by atoms with Gasteiger partial charge in [-0.15, -0.1) is 0 Å². The standard InChI is InChI=1S/C17H16FN5O2S2/c18-13-3-1-12(2-4-13)11-23-10-9-16(22-23)21-17(26)20-14-5-7-15(8-6-14)27(19,24)25/h1-10H,11H2,(H2,19,24,25)(H2,20,21,22,26). The van der Waals surface area contributed by atoms with Crippen molar-refractivity contribution in [2.75, 3.05) is 10.6 Å². The van der Waals surface area contributed by atoms with E-state index in [2.05, 4.69) is 15.7 Å². The minimum absolute atomic E-state index is 0.0199. The molecule has 0 amide bonds. The number of nitrogens with zero attached hydrogens (tertiary/aromatic N) is 2. The number of nitrogens with one attached hydrogen (secondary N) is 2. The SMILES string of the molecule is NS(=O)(=O)c1ccc(NC(=S)Nc2ccn(Cc3ccc(F)cc3)n2)cc1. The Morgan fingerprint density at radius 1 is 1.07 bits per heavy atom. The van der Waals surface area contributed by atoms with Gasteiger partial charge in [0.2, 0.25) is 10.0 Å². The number of benzene rings is 2. The number of halogens is 1. The summed E-state index contributed by atoms with van der Waals surface area (Å²) in [4.78, 5) is 0.0199. The van der Waals surface area contributed by atoms with Crippen molar-refractivity contribution >= 4 is 38.9 Å². The highest BCUT2D eigenvalue weighted by Gasteiger charge is 2.08. The fraction of sp³-hybridized carbons (Fsp3) is 0.0588. The molecule has 7 nitrogen and oxygen atoms in total. The van der Waals surface area contributed by atoms with Gasteiger partial charge in [0.05, 0.1) is 11.4 Å². The van der Waals surface area contributed by atoms with E-state index < -0.39 is 10.0 Å². The lowest BCUT2D eigenvalue weighted by molar-refractivity contribution is 0.598. The molecule has 0 aliphatic heterocycles. The minimum atomic E-state index is -3.73. The maximum Gasteiger partial charge on any atom is 0.238 e. The van der Waals surface area contributed by atoms with Gasteiger partial charge in [0.1, 0.15) is 5.82 Å². The van der Waals surface area contributed by atoms with E-state index in [1.165, 1.54) is 24.3 Å². The zero-order valence-electron chi connectivity index (χ0n) is 14.0. The molecule has 1 aromatic heterocycles. The fourth-order valence-electron chi connectivity index (χ4n) is 2.30. The number of anilines is 2. The highest BCUT2D eigenvalue weighted by molar-refractivity contribution is 7.89. The Kier molecular flexibility index (Phi) is 5.49. The van der Waals surface area contributed by atoms with E-state index in [0.717, 1.165) is 5.56 Å². The van der Waals surface area contributed by atoms with Crippen molar-refractivity contribution in [3.63, 3.8) is 0 Å². The van der Waals surface area contributed by atoms with E-state index in [0.29, 0.717) is 23.2 Å². The molecule has 3 rings (SSSR count). The van der Waals surface area contributed by atoms with Crippen LogP contribution in [0.4, 0.5) is 15.9 Å². The zero-order valence-corrected chi connectivity index (χ0v) is 15.6. The van der Waals surface area contributed by atoms with Crippen LogP contribution in [0.1, 0.15) is 5.56 Å². The van der Waals surface area contributed by atoms with Crippen molar-refractivity contribution in [2.24, 2.45) is 5.14 Å². The number of aromatic nitrogens is 2. The summed E-state index contributed by atoms with van der Waals surface area (Å²) in [7, 11) is -3.73. The summed E-state index contributed by atoms with van der Waals surface area (Å²) in [5.74, 6) is 0.255. The number of thiocarbonyl (C=S) groups is 1. The Morgan fingerprint density at radius 2 is 1.74 bits per heavy atom. The first-order valence-electron chi connectivity index (χ1n) is 7.78. The van der Waals surface area contributed by atoms with Crippen LogP contribution >= 0.6 is 12.2 Å². The zero-order chi connectivity index (χ0) is 19.4. The molecule has 3 aromatic rings. The second-order valence-corrected chi connectivity index (χ2v) is 7.64. The Balaban J connectivity index is 1.58. The van der Waals surface area contributed by atoms with Gasteiger partial charge in [0, 0.05) is 18.0 Å². The maximum absolute atomic E-state index is 12.9. The average molecular weight is 405 g/mol. The summed E-state index contributed by atoms with van der Waals surface area (Å²) >= 11 is 5.22. The molecular formula is C17H16FN5O2S2. The number of hydrogen-bond donors (Lipinski definition) is 3. The van der Waals surface area contributed by atoms with E-state index in [4.69, 9.17) is 17.4 Å². The van der Waals surface area contributed by atoms with Crippen LogP contribution in [-0.2, 0) is 16.6 Å². The highest BCUT2D eigenvalue weighted by atomic mass is 32.2. The Hall–Kier alpha value is -2.82. The number of nitrogens with two attached hydrogens (primary N) is 1. The van der Waals surface area contributed by atoms with Crippen molar-refractivity contribution in [1.82, 2.24) is 9.78 Å². The van der Waals surface area contributed by atoms with E-state index in [-0.39, 0.29) is 10.7 Å². The molecule has 4 N–H and O–H groups in total. The van der Waals surface area contributed by atoms with Crippen LogP contribution in [0.3, 0.4) is 0 Å². The summed E-state index contributed by atoms with van der Waals surface area (Å²) in [6.07, 6.45) is 1.77. The summed E-state index contributed by atoms with van der Waals surface area (Å²) in [6.45, 7) is 0.497. The normalized spacial score (nSPS) is 11.2. The third kappa shape index (κ3) is 5.33. The quantitative estimate of drug-likeness (QED) is 0.564. The van der Waals surface area contributed by atoms with E-state index >= 15 is 0 Å². The van der Waals surface area contributed by atoms with Crippen molar-refractivity contribution in [2.45, 2.75) is 11.4 Å². The van der Waals surface area contributed by atoms with Gasteiger partial charge in [0.15, 0.2) is 10.9 Å². The first-order valence-corrected chi connectivity index (χ1v) is 9.74. The van der Waals surface area contributed by atoms with Crippen LogP contribution in [0.5, 0.6) is 0 Å². The summed E-state index contributed by atoms with van der Waals surface area (Å²) in [6, 6.07) is 13.8. The largest absolute Gasteiger partial charge is 0.332 e. The predicted molar refractivity (Wildman–Crippen MR) is 105 cm³/mol. The van der Waals surface area contributed by atoms with Crippen LogP contribution in [0.2, 0.25) is 0 Å². The number of hydrogen-bond acceptors (Lipinski definition) is 4. The lowest BCUT2D eigenvalue weighted by Gasteiger charge is -2.09. The maximum atomic E-state index is 12.9. The van der Waals surface area contributed by atoms with Crippen LogP contribution in [-0.4, -0.2) is 23.3 Å². The smallest absolute Gasteiger partial charge is 0.238 e. The monoisotopic (exact) mass is 405 g/mol. The van der Waals surface area contributed by atoms with Gasteiger partial charge in [-0.2, -0.15) is 5.10 Å². The van der Waals surface area contributed by atoms with Gasteiger partial charge in [-0.3, -0.25) is 4.68 Å². The van der Waals surface area contributed by atoms with E-state index in [1.54, 1.807) is 41.2 Å². The molecule has 0 saturated carbocycles. The number of sulfonamides is 1. The lowest BCUT2D eigenvalue weighted by Crippen LogP contribution is -2.19. The third-order valence-corrected chi connectivity index (χ3v) is 4.71. The molecule has 0 aliphatic carbocycles. The molecule has 0 radical (unpaired) electrons. The number of rotatable bonds is 5. The average Bonchev–Trinajstić information content (AvgIpc) is 3.03. The van der Waals surface area contributed by atoms with Crippen molar-refractivity contribution in [1.29, 1.82) is 0 Å². The number of primary sulfonamides is 1. The molecule has 27 heavy (non-hydrogen) atoms. The predicted octanol–water partition coefficient (Wildman–Crippen LogP) is 2.53. The van der Waals surface area contributed by atoms with E-state index in [9.17, 15) is 12.8 Å². The molecule has 2 aromatic carbocycles. The van der Waals surface area contributed by atoms with Crippen molar-refractivity contribution in [3.8, 4) is 0 Å². The van der Waals surface area contributed by atoms with Gasteiger partial charge >= 0.3 is 0 Å². The highest BCUT2D eigenvalue weighted by Crippen LogP contribution is 2.13. The molecule has 0 aliphatic rings. The lowest BCUT2D eigenvalue weighted by atomic mass is 10.2. The summed E-state index contributed by atoms with van der Waals surface area (Å²) < 4.78 is 37.1. The molecule has 140 valence electrons. The first-order chi connectivity index (χ1) is 12.8. The van der Waals surface area contributed by atoms with Gasteiger partial charge < -0.3 is 10.6 Å². The minimum Gasteiger partial charge on any atom is -0.332 e. The molecule has 0 bridgehead atoms. The van der Waals surface area contributed by atoms with E-state index in [1.807, 2.05) is 0 Å². The Bertz CT molecular complexity index is 1050.